The van der Waals surface area contributed by atoms with E-state index in [0.717, 1.165) is 15.8 Å². The number of hydrogen-bond donors (Lipinski definition) is 1. The molecule has 1 aliphatic rings. The fourth-order valence-corrected chi connectivity index (χ4v) is 4.44. The zero-order chi connectivity index (χ0) is 24.8. The number of anilines is 1. The maximum atomic E-state index is 12.7. The number of aromatic nitrogens is 1. The number of benzene rings is 1. The summed E-state index contributed by atoms with van der Waals surface area (Å²) in [5.41, 5.74) is 0.521. The average Bonchev–Trinajstić information content (AvgIpc) is 3.22. The van der Waals surface area contributed by atoms with Crippen LogP contribution in [0.3, 0.4) is 0 Å². The van der Waals surface area contributed by atoms with E-state index in [2.05, 4.69) is 26.2 Å². The summed E-state index contributed by atoms with van der Waals surface area (Å²) in [6.45, 7) is 3.49. The molecule has 1 aliphatic heterocycles. The summed E-state index contributed by atoms with van der Waals surface area (Å²) in [7, 11) is 0. The van der Waals surface area contributed by atoms with E-state index in [1.165, 1.54) is 27.0 Å². The van der Waals surface area contributed by atoms with Gasteiger partial charge in [-0.3, -0.25) is 19.2 Å². The second-order valence-electron chi connectivity index (χ2n) is 7.43. The maximum absolute atomic E-state index is 12.7. The summed E-state index contributed by atoms with van der Waals surface area (Å²) in [6.07, 6.45) is -1.85. The topological polar surface area (TPSA) is 130 Å². The highest BCUT2D eigenvalue weighted by Crippen LogP contribution is 2.29. The highest BCUT2D eigenvalue weighted by Gasteiger charge is 2.44. The van der Waals surface area contributed by atoms with Crippen LogP contribution in [0.15, 0.2) is 34.9 Å². The first kappa shape index (κ1) is 25.8. The Hall–Kier alpha value is -2.83. The minimum absolute atomic E-state index is 0.129. The van der Waals surface area contributed by atoms with Crippen molar-refractivity contribution in [1.82, 2.24) is 4.98 Å². The van der Waals surface area contributed by atoms with E-state index in [0.29, 0.717) is 15.6 Å². The highest BCUT2D eigenvalue weighted by molar-refractivity contribution is 9.10. The Morgan fingerprint density at radius 1 is 1.09 bits per heavy atom. The van der Waals surface area contributed by atoms with Crippen molar-refractivity contribution in [2.75, 3.05) is 11.9 Å². The Balaban J connectivity index is 1.76. The number of ketones is 1. The summed E-state index contributed by atoms with van der Waals surface area (Å²) in [4.78, 5) is 52.0. The van der Waals surface area contributed by atoms with Crippen molar-refractivity contribution >= 4 is 56.1 Å². The highest BCUT2D eigenvalue weighted by atomic mass is 79.9. The van der Waals surface area contributed by atoms with E-state index in [1.807, 2.05) is 0 Å². The predicted octanol–water partition coefficient (Wildman–Crippen LogP) is 3.09. The van der Waals surface area contributed by atoms with Gasteiger partial charge in [-0.05, 0) is 24.3 Å². The maximum Gasteiger partial charge on any atom is 0.303 e. The smallest absolute Gasteiger partial charge is 0.303 e. The van der Waals surface area contributed by atoms with E-state index >= 15 is 0 Å². The van der Waals surface area contributed by atoms with Gasteiger partial charge in [0.15, 0.2) is 11.2 Å². The number of halogens is 1. The number of carbonyl (C=O) groups excluding carboxylic acids is 4. The van der Waals surface area contributed by atoms with Crippen molar-refractivity contribution in [3.8, 4) is 0 Å². The summed E-state index contributed by atoms with van der Waals surface area (Å²) in [6, 6.07) is 6.98. The van der Waals surface area contributed by atoms with Crippen LogP contribution in [0.25, 0.3) is 0 Å². The summed E-state index contributed by atoms with van der Waals surface area (Å²) >= 11 is 4.48. The average molecular weight is 555 g/mol. The first-order valence-corrected chi connectivity index (χ1v) is 11.9. The molecule has 1 fully saturated rings. The number of carbonyl (C=O) groups is 4. The Bertz CT molecular complexity index is 1060. The monoisotopic (exact) mass is 554 g/mol. The number of nitrogens with one attached hydrogen (secondary N) is 1. The lowest BCUT2D eigenvalue weighted by atomic mass is 10.0. The molecule has 0 saturated carbocycles. The van der Waals surface area contributed by atoms with Gasteiger partial charge in [0.2, 0.25) is 5.78 Å². The van der Waals surface area contributed by atoms with Gasteiger partial charge < -0.3 is 24.3 Å². The predicted molar refractivity (Wildman–Crippen MR) is 124 cm³/mol. The van der Waals surface area contributed by atoms with Crippen LogP contribution in [0.4, 0.5) is 5.13 Å². The van der Waals surface area contributed by atoms with Crippen molar-refractivity contribution < 1.29 is 38.1 Å². The molecule has 2 heterocycles. The van der Waals surface area contributed by atoms with E-state index in [4.69, 9.17) is 18.9 Å². The lowest BCUT2D eigenvalue weighted by molar-refractivity contribution is -0.211. The van der Waals surface area contributed by atoms with Crippen molar-refractivity contribution in [2.24, 2.45) is 0 Å². The molecule has 0 amide bonds. The summed E-state index contributed by atoms with van der Waals surface area (Å²) in [5.74, 6) is -1.88. The molecular weight excluding hydrogens is 532 g/mol. The van der Waals surface area contributed by atoms with Crippen LogP contribution in [-0.2, 0) is 33.3 Å². The molecule has 12 heteroatoms. The van der Waals surface area contributed by atoms with Gasteiger partial charge in [0.1, 0.15) is 25.0 Å². The molecule has 4 atom stereocenters. The number of ether oxygens (including phenoxy) is 4. The third kappa shape index (κ3) is 7.08. The molecule has 3 rings (SSSR count). The van der Waals surface area contributed by atoms with Crippen LogP contribution in [0, 0.1) is 0 Å². The van der Waals surface area contributed by atoms with Gasteiger partial charge in [0, 0.05) is 37.2 Å². The van der Waals surface area contributed by atoms with Crippen LogP contribution in [0.2, 0.25) is 0 Å². The van der Waals surface area contributed by atoms with Crippen LogP contribution in [0.5, 0.6) is 0 Å². The molecule has 34 heavy (non-hydrogen) atoms. The molecule has 0 aliphatic carbocycles. The fraction of sp³-hybridized carbons (Fsp3) is 0.409. The number of hydrogen-bond acceptors (Lipinski definition) is 11. The van der Waals surface area contributed by atoms with Gasteiger partial charge in [0.05, 0.1) is 11.1 Å². The van der Waals surface area contributed by atoms with Gasteiger partial charge in [0.25, 0.3) is 0 Å². The standard InChI is InChI=1S/C22H23BrN2O8S/c1-11(26)30-10-17-21(32-13(3)28)16(31-12(2)27)8-19(33-17)25-22-24-9-18(34-22)20(29)14-4-6-15(23)7-5-14/h4-7,9,16-17,19,21H,8,10H2,1-3H3,(H,24,25)/t16-,17?,19+,21?/m1/s1. The first-order valence-electron chi connectivity index (χ1n) is 10.3. The van der Waals surface area contributed by atoms with Crippen molar-refractivity contribution in [1.29, 1.82) is 0 Å². The van der Waals surface area contributed by atoms with Crippen LogP contribution >= 0.6 is 27.3 Å². The van der Waals surface area contributed by atoms with Crippen LogP contribution < -0.4 is 5.32 Å². The second kappa shape index (κ2) is 11.5. The number of rotatable bonds is 8. The van der Waals surface area contributed by atoms with Gasteiger partial charge >= 0.3 is 17.9 Å². The minimum Gasteiger partial charge on any atom is -0.463 e. The van der Waals surface area contributed by atoms with Gasteiger partial charge in [-0.15, -0.1) is 0 Å². The normalized spacial score (nSPS) is 21.9. The third-order valence-electron chi connectivity index (χ3n) is 4.71. The summed E-state index contributed by atoms with van der Waals surface area (Å²) < 4.78 is 22.6. The molecule has 2 aromatic rings. The lowest BCUT2D eigenvalue weighted by Crippen LogP contribution is -2.55. The number of nitrogens with zero attached hydrogens (tertiary/aromatic N) is 1. The summed E-state index contributed by atoms with van der Waals surface area (Å²) in [5, 5.41) is 3.47. The molecule has 1 saturated heterocycles. The first-order chi connectivity index (χ1) is 16.1. The zero-order valence-corrected chi connectivity index (χ0v) is 21.0. The molecule has 182 valence electrons. The minimum atomic E-state index is -0.968. The number of esters is 3. The van der Waals surface area contributed by atoms with Crippen LogP contribution in [-0.4, -0.2) is 59.8 Å². The van der Waals surface area contributed by atoms with Gasteiger partial charge in [-0.2, -0.15) is 0 Å². The van der Waals surface area contributed by atoms with Gasteiger partial charge in [-0.1, -0.05) is 27.3 Å². The molecule has 1 N–H and O–H groups in total. The molecule has 2 unspecified atom stereocenters. The molecule has 0 radical (unpaired) electrons. The molecule has 10 nitrogen and oxygen atoms in total. The Morgan fingerprint density at radius 2 is 1.76 bits per heavy atom. The largest absolute Gasteiger partial charge is 0.463 e. The van der Waals surface area contributed by atoms with E-state index in [1.54, 1.807) is 24.3 Å². The van der Waals surface area contributed by atoms with Gasteiger partial charge in [-0.25, -0.2) is 4.98 Å². The molecule has 1 aromatic carbocycles. The Kier molecular flexibility index (Phi) is 8.75. The molecule has 0 bridgehead atoms. The van der Waals surface area contributed by atoms with Crippen molar-refractivity contribution in [2.45, 2.75) is 51.7 Å². The van der Waals surface area contributed by atoms with E-state index in [-0.39, 0.29) is 18.8 Å². The third-order valence-corrected chi connectivity index (χ3v) is 6.16. The van der Waals surface area contributed by atoms with E-state index < -0.39 is 42.4 Å². The molecular formula is C22H23BrN2O8S. The fourth-order valence-electron chi connectivity index (χ4n) is 3.35. The van der Waals surface area contributed by atoms with E-state index in [9.17, 15) is 19.2 Å². The Morgan fingerprint density at radius 3 is 2.38 bits per heavy atom. The quantitative estimate of drug-likeness (QED) is 0.295. The van der Waals surface area contributed by atoms with Crippen LogP contribution in [0.1, 0.15) is 42.4 Å². The SMILES string of the molecule is CC(=O)OCC1O[C@H](Nc2ncc(C(=O)c3ccc(Br)cc3)s2)C[C@@H](OC(C)=O)C1OC(C)=O. The number of thiazole rings is 1. The Labute approximate surface area is 208 Å². The molecule has 0 spiro atoms. The van der Waals surface area contributed by atoms with Crippen molar-refractivity contribution in [3.05, 3.63) is 45.4 Å². The second-order valence-corrected chi connectivity index (χ2v) is 9.38. The lowest BCUT2D eigenvalue weighted by Gasteiger charge is -2.40. The zero-order valence-electron chi connectivity index (χ0n) is 18.6. The van der Waals surface area contributed by atoms with Crippen molar-refractivity contribution in [3.63, 3.8) is 0 Å². The molecule has 1 aromatic heterocycles.